The molecule has 108 valence electrons. The minimum Gasteiger partial charge on any atom is -0.370 e. The lowest BCUT2D eigenvalue weighted by atomic mass is 10.4. The van der Waals surface area contributed by atoms with Gasteiger partial charge in [-0.05, 0) is 41.1 Å². The van der Waals surface area contributed by atoms with Gasteiger partial charge in [-0.15, -0.1) is 11.3 Å². The van der Waals surface area contributed by atoms with Crippen LogP contribution in [0.2, 0.25) is 0 Å². The largest absolute Gasteiger partial charge is 0.370 e. The van der Waals surface area contributed by atoms with E-state index in [2.05, 4.69) is 31.0 Å². The summed E-state index contributed by atoms with van der Waals surface area (Å²) in [5, 5.41) is 4.93. The monoisotopic (exact) mass is 375 g/mol. The van der Waals surface area contributed by atoms with E-state index in [1.165, 1.54) is 23.6 Å². The molecule has 0 saturated heterocycles. The van der Waals surface area contributed by atoms with Gasteiger partial charge in [-0.2, -0.15) is 0 Å². The molecular weight excluding hydrogens is 362 g/mol. The van der Waals surface area contributed by atoms with Crippen molar-refractivity contribution in [3.63, 3.8) is 0 Å². The number of hydrogen-bond acceptors (Lipinski definition) is 5. The molecule has 0 amide bonds. The standard InChI is InChI=1S/C12H14BrN3O2S2/c1-2-14-12-4-3-11(7-15-12)20(17,18)16-6-10-5-9(13)8-19-10/h3-5,7-8,16H,2,6H2,1H3,(H,14,15). The molecule has 0 radical (unpaired) electrons. The zero-order chi connectivity index (χ0) is 14.6. The fourth-order valence-corrected chi connectivity index (χ4v) is 3.95. The molecular formula is C12H14BrN3O2S2. The summed E-state index contributed by atoms with van der Waals surface area (Å²) < 4.78 is 27.7. The summed E-state index contributed by atoms with van der Waals surface area (Å²) in [5.41, 5.74) is 0. The second kappa shape index (κ2) is 6.66. The average molecular weight is 376 g/mol. The smallest absolute Gasteiger partial charge is 0.242 e. The van der Waals surface area contributed by atoms with Gasteiger partial charge in [0.25, 0.3) is 0 Å². The highest BCUT2D eigenvalue weighted by Crippen LogP contribution is 2.20. The number of halogens is 1. The van der Waals surface area contributed by atoms with Crippen molar-refractivity contribution >= 4 is 43.1 Å². The molecule has 0 bridgehead atoms. The molecule has 0 saturated carbocycles. The van der Waals surface area contributed by atoms with Gasteiger partial charge in [0.05, 0.1) is 0 Å². The Hall–Kier alpha value is -0.960. The van der Waals surface area contributed by atoms with Gasteiger partial charge in [-0.1, -0.05) is 0 Å². The summed E-state index contributed by atoms with van der Waals surface area (Å²) in [7, 11) is -3.53. The number of nitrogens with one attached hydrogen (secondary N) is 2. The van der Waals surface area contributed by atoms with Crippen molar-refractivity contribution in [2.24, 2.45) is 0 Å². The van der Waals surface area contributed by atoms with Crippen LogP contribution < -0.4 is 10.0 Å². The average Bonchev–Trinajstić information content (AvgIpc) is 2.84. The Morgan fingerprint density at radius 2 is 2.20 bits per heavy atom. The van der Waals surface area contributed by atoms with Crippen LogP contribution in [-0.4, -0.2) is 19.9 Å². The molecule has 0 aliphatic carbocycles. The van der Waals surface area contributed by atoms with Crippen molar-refractivity contribution in [3.8, 4) is 0 Å². The van der Waals surface area contributed by atoms with Gasteiger partial charge in [-0.25, -0.2) is 18.1 Å². The number of pyridine rings is 1. The number of rotatable bonds is 6. The number of anilines is 1. The van der Waals surface area contributed by atoms with E-state index in [1.807, 2.05) is 18.4 Å². The fourth-order valence-electron chi connectivity index (χ4n) is 1.52. The van der Waals surface area contributed by atoms with E-state index in [1.54, 1.807) is 6.07 Å². The second-order valence-corrected chi connectivity index (χ2v) is 7.64. The quantitative estimate of drug-likeness (QED) is 0.814. The van der Waals surface area contributed by atoms with Gasteiger partial charge in [0.1, 0.15) is 10.7 Å². The number of nitrogens with zero attached hydrogens (tertiary/aromatic N) is 1. The van der Waals surface area contributed by atoms with Crippen molar-refractivity contribution in [3.05, 3.63) is 39.1 Å². The minimum atomic E-state index is -3.53. The molecule has 0 spiro atoms. The highest BCUT2D eigenvalue weighted by atomic mass is 79.9. The Morgan fingerprint density at radius 3 is 2.75 bits per heavy atom. The summed E-state index contributed by atoms with van der Waals surface area (Å²) in [5.74, 6) is 0.661. The molecule has 5 nitrogen and oxygen atoms in total. The van der Waals surface area contributed by atoms with Crippen LogP contribution in [0.15, 0.2) is 39.1 Å². The molecule has 2 rings (SSSR count). The van der Waals surface area contributed by atoms with Crippen LogP contribution in [-0.2, 0) is 16.6 Å². The van der Waals surface area contributed by atoms with Crippen LogP contribution in [0, 0.1) is 0 Å². The molecule has 2 heterocycles. The summed E-state index contributed by atoms with van der Waals surface area (Å²) in [6.07, 6.45) is 1.35. The number of thiophene rings is 1. The second-order valence-electron chi connectivity index (χ2n) is 3.97. The molecule has 0 aromatic carbocycles. The van der Waals surface area contributed by atoms with Gasteiger partial charge in [-0.3, -0.25) is 0 Å². The van der Waals surface area contributed by atoms with E-state index in [0.29, 0.717) is 5.82 Å². The van der Waals surface area contributed by atoms with Crippen molar-refractivity contribution in [1.82, 2.24) is 9.71 Å². The van der Waals surface area contributed by atoms with E-state index in [4.69, 9.17) is 0 Å². The number of hydrogen-bond donors (Lipinski definition) is 2. The highest BCUT2D eigenvalue weighted by molar-refractivity contribution is 9.10. The molecule has 0 unspecified atom stereocenters. The van der Waals surface area contributed by atoms with Crippen molar-refractivity contribution in [1.29, 1.82) is 0 Å². The first-order valence-corrected chi connectivity index (χ1v) is 9.09. The van der Waals surface area contributed by atoms with E-state index in [-0.39, 0.29) is 11.4 Å². The Morgan fingerprint density at radius 1 is 1.40 bits per heavy atom. The highest BCUT2D eigenvalue weighted by Gasteiger charge is 2.14. The number of aromatic nitrogens is 1. The molecule has 0 aliphatic heterocycles. The SMILES string of the molecule is CCNc1ccc(S(=O)(=O)NCc2cc(Br)cs2)cn1. The zero-order valence-electron chi connectivity index (χ0n) is 10.8. The Balaban J connectivity index is 2.05. The lowest BCUT2D eigenvalue weighted by Gasteiger charge is -2.06. The zero-order valence-corrected chi connectivity index (χ0v) is 14.0. The molecule has 0 fully saturated rings. The predicted octanol–water partition coefficient (Wildman–Crippen LogP) is 2.82. The van der Waals surface area contributed by atoms with E-state index >= 15 is 0 Å². The molecule has 0 atom stereocenters. The summed E-state index contributed by atoms with van der Waals surface area (Å²) >= 11 is 4.83. The van der Waals surface area contributed by atoms with Crippen LogP contribution in [0.5, 0.6) is 0 Å². The van der Waals surface area contributed by atoms with Gasteiger partial charge < -0.3 is 5.32 Å². The maximum Gasteiger partial charge on any atom is 0.242 e. The third-order valence-electron chi connectivity index (χ3n) is 2.46. The predicted molar refractivity (Wildman–Crippen MR) is 84.4 cm³/mol. The van der Waals surface area contributed by atoms with Crippen LogP contribution >= 0.6 is 27.3 Å². The first kappa shape index (κ1) is 15.4. The first-order chi connectivity index (χ1) is 9.51. The van der Waals surface area contributed by atoms with E-state index < -0.39 is 10.0 Å². The van der Waals surface area contributed by atoms with Crippen molar-refractivity contribution in [2.45, 2.75) is 18.4 Å². The van der Waals surface area contributed by atoms with Gasteiger partial charge in [0.15, 0.2) is 0 Å². The fraction of sp³-hybridized carbons (Fsp3) is 0.250. The topological polar surface area (TPSA) is 71.1 Å². The van der Waals surface area contributed by atoms with Gasteiger partial charge in [0.2, 0.25) is 10.0 Å². The lowest BCUT2D eigenvalue weighted by molar-refractivity contribution is 0.581. The molecule has 0 aliphatic rings. The Labute approximate surface area is 130 Å². The molecule has 2 aromatic heterocycles. The third kappa shape index (κ3) is 4.02. The summed E-state index contributed by atoms with van der Waals surface area (Å²) in [6, 6.07) is 5.08. The molecule has 20 heavy (non-hydrogen) atoms. The Bertz CT molecular complexity index is 668. The molecule has 2 aromatic rings. The molecule has 2 N–H and O–H groups in total. The van der Waals surface area contributed by atoms with Crippen LogP contribution in [0.3, 0.4) is 0 Å². The van der Waals surface area contributed by atoms with Crippen LogP contribution in [0.4, 0.5) is 5.82 Å². The van der Waals surface area contributed by atoms with Gasteiger partial charge >= 0.3 is 0 Å². The summed E-state index contributed by atoms with van der Waals surface area (Å²) in [4.78, 5) is 5.16. The van der Waals surface area contributed by atoms with Gasteiger partial charge in [0, 0.05) is 34.0 Å². The number of sulfonamides is 1. The van der Waals surface area contributed by atoms with E-state index in [9.17, 15) is 8.42 Å². The Kier molecular flexibility index (Phi) is 5.14. The minimum absolute atomic E-state index is 0.162. The van der Waals surface area contributed by atoms with Crippen molar-refractivity contribution in [2.75, 3.05) is 11.9 Å². The lowest BCUT2D eigenvalue weighted by Crippen LogP contribution is -2.23. The third-order valence-corrected chi connectivity index (χ3v) is 5.55. The van der Waals surface area contributed by atoms with Crippen molar-refractivity contribution < 1.29 is 8.42 Å². The molecule has 8 heteroatoms. The maximum absolute atomic E-state index is 12.1. The van der Waals surface area contributed by atoms with E-state index in [0.717, 1.165) is 15.9 Å². The maximum atomic E-state index is 12.1. The van der Waals surface area contributed by atoms with Crippen LogP contribution in [0.1, 0.15) is 11.8 Å². The first-order valence-electron chi connectivity index (χ1n) is 5.94. The summed E-state index contributed by atoms with van der Waals surface area (Å²) in [6.45, 7) is 2.96. The van der Waals surface area contributed by atoms with Crippen LogP contribution in [0.25, 0.3) is 0 Å². The normalized spacial score (nSPS) is 11.5.